The Morgan fingerprint density at radius 1 is 1.32 bits per heavy atom. The predicted molar refractivity (Wildman–Crippen MR) is 90.1 cm³/mol. The number of rotatable bonds is 3. The van der Waals surface area contributed by atoms with Crippen LogP contribution in [0.3, 0.4) is 0 Å². The molecule has 0 bridgehead atoms. The van der Waals surface area contributed by atoms with Crippen LogP contribution in [0.25, 0.3) is 0 Å². The minimum absolute atomic E-state index is 0. The van der Waals surface area contributed by atoms with E-state index in [9.17, 15) is 0 Å². The van der Waals surface area contributed by atoms with Crippen LogP contribution in [0.15, 0.2) is 4.99 Å². The van der Waals surface area contributed by atoms with Crippen LogP contribution in [-0.4, -0.2) is 43.2 Å². The van der Waals surface area contributed by atoms with E-state index in [4.69, 9.17) is 10.5 Å². The fourth-order valence-corrected chi connectivity index (χ4v) is 2.86. The third-order valence-electron chi connectivity index (χ3n) is 3.98. The van der Waals surface area contributed by atoms with E-state index in [1.165, 1.54) is 32.1 Å². The number of nitrogens with two attached hydrogens (primary N) is 1. The maximum Gasteiger partial charge on any atom is 0.191 e. The first-order valence-corrected chi connectivity index (χ1v) is 7.42. The fourth-order valence-electron chi connectivity index (χ4n) is 2.86. The Morgan fingerprint density at radius 3 is 2.84 bits per heavy atom. The molecule has 0 aromatic carbocycles. The Balaban J connectivity index is 0.00000180. The number of halogens is 1. The standard InChI is InChI=1S/C14H27N3O.HI/c1-12-5-4-9-17(11-12)14(15)16-8-7-13-6-2-3-10-18-13;/h12-13H,2-11H2,1H3,(H2,15,16);1H. The second-order valence-electron chi connectivity index (χ2n) is 5.71. The summed E-state index contributed by atoms with van der Waals surface area (Å²) in [6.07, 6.45) is 7.69. The molecule has 5 heteroatoms. The summed E-state index contributed by atoms with van der Waals surface area (Å²) in [6, 6.07) is 0. The monoisotopic (exact) mass is 381 g/mol. The molecule has 0 aromatic heterocycles. The number of hydrogen-bond donors (Lipinski definition) is 1. The van der Waals surface area contributed by atoms with Crippen LogP contribution in [0.5, 0.6) is 0 Å². The van der Waals surface area contributed by atoms with E-state index in [0.717, 1.165) is 44.5 Å². The highest BCUT2D eigenvalue weighted by molar-refractivity contribution is 14.0. The molecule has 4 nitrogen and oxygen atoms in total. The summed E-state index contributed by atoms with van der Waals surface area (Å²) < 4.78 is 5.70. The van der Waals surface area contributed by atoms with Gasteiger partial charge in [0, 0.05) is 26.2 Å². The molecule has 2 aliphatic rings. The van der Waals surface area contributed by atoms with Gasteiger partial charge in [-0.15, -0.1) is 24.0 Å². The van der Waals surface area contributed by atoms with Crippen molar-refractivity contribution in [2.24, 2.45) is 16.6 Å². The van der Waals surface area contributed by atoms with Crippen molar-refractivity contribution < 1.29 is 4.74 Å². The Hall–Kier alpha value is -0.0400. The highest BCUT2D eigenvalue weighted by Crippen LogP contribution is 2.16. The smallest absolute Gasteiger partial charge is 0.191 e. The number of ether oxygens (including phenoxy) is 1. The molecule has 0 radical (unpaired) electrons. The molecule has 0 aromatic rings. The minimum Gasteiger partial charge on any atom is -0.378 e. The fraction of sp³-hybridized carbons (Fsp3) is 0.929. The molecule has 2 heterocycles. The molecule has 0 saturated carbocycles. The number of hydrogen-bond acceptors (Lipinski definition) is 2. The number of likely N-dealkylation sites (tertiary alicyclic amines) is 1. The molecule has 0 spiro atoms. The maximum atomic E-state index is 6.06. The normalized spacial score (nSPS) is 28.9. The largest absolute Gasteiger partial charge is 0.378 e. The lowest BCUT2D eigenvalue weighted by molar-refractivity contribution is 0.0128. The second-order valence-corrected chi connectivity index (χ2v) is 5.71. The molecule has 2 unspecified atom stereocenters. The van der Waals surface area contributed by atoms with E-state index in [-0.39, 0.29) is 24.0 Å². The van der Waals surface area contributed by atoms with Crippen LogP contribution in [0.4, 0.5) is 0 Å². The molecule has 2 N–H and O–H groups in total. The van der Waals surface area contributed by atoms with Crippen molar-refractivity contribution in [3.8, 4) is 0 Å². The summed E-state index contributed by atoms with van der Waals surface area (Å²) in [5, 5.41) is 0. The second kappa shape index (κ2) is 9.00. The number of aliphatic imine (C=N–C) groups is 1. The maximum absolute atomic E-state index is 6.06. The van der Waals surface area contributed by atoms with Gasteiger partial charge in [-0.1, -0.05) is 6.92 Å². The van der Waals surface area contributed by atoms with Gasteiger partial charge in [0.1, 0.15) is 0 Å². The average molecular weight is 381 g/mol. The number of piperidine rings is 1. The quantitative estimate of drug-likeness (QED) is 0.465. The van der Waals surface area contributed by atoms with Gasteiger partial charge in [0.05, 0.1) is 6.10 Å². The summed E-state index contributed by atoms with van der Waals surface area (Å²) in [7, 11) is 0. The van der Waals surface area contributed by atoms with Gasteiger partial charge in [-0.25, -0.2) is 0 Å². The van der Waals surface area contributed by atoms with Crippen LogP contribution >= 0.6 is 24.0 Å². The van der Waals surface area contributed by atoms with Gasteiger partial charge in [0.15, 0.2) is 5.96 Å². The molecular formula is C14H28IN3O. The van der Waals surface area contributed by atoms with Crippen molar-refractivity contribution in [2.45, 2.75) is 51.6 Å². The first-order valence-electron chi connectivity index (χ1n) is 7.42. The van der Waals surface area contributed by atoms with Crippen LogP contribution in [0, 0.1) is 5.92 Å². The van der Waals surface area contributed by atoms with Crippen molar-refractivity contribution in [3.05, 3.63) is 0 Å². The van der Waals surface area contributed by atoms with Crippen molar-refractivity contribution in [2.75, 3.05) is 26.2 Å². The third-order valence-corrected chi connectivity index (χ3v) is 3.98. The molecule has 2 rings (SSSR count). The summed E-state index contributed by atoms with van der Waals surface area (Å²) in [5.41, 5.74) is 6.06. The van der Waals surface area contributed by atoms with Crippen LogP contribution < -0.4 is 5.73 Å². The van der Waals surface area contributed by atoms with E-state index in [0.29, 0.717) is 6.10 Å². The lowest BCUT2D eigenvalue weighted by Gasteiger charge is -2.31. The van der Waals surface area contributed by atoms with Crippen LogP contribution in [0.2, 0.25) is 0 Å². The average Bonchev–Trinajstić information content (AvgIpc) is 2.40. The van der Waals surface area contributed by atoms with Crippen molar-refractivity contribution in [3.63, 3.8) is 0 Å². The SMILES string of the molecule is CC1CCCN(C(N)=NCCC2CCCCO2)C1.I. The van der Waals surface area contributed by atoms with Crippen molar-refractivity contribution in [1.29, 1.82) is 0 Å². The van der Waals surface area contributed by atoms with Gasteiger partial charge in [-0.3, -0.25) is 4.99 Å². The molecular weight excluding hydrogens is 353 g/mol. The Labute approximate surface area is 134 Å². The minimum atomic E-state index is 0. The van der Waals surface area contributed by atoms with Gasteiger partial charge in [0.25, 0.3) is 0 Å². The number of nitrogens with zero attached hydrogens (tertiary/aromatic N) is 2. The van der Waals surface area contributed by atoms with Gasteiger partial charge in [-0.05, 0) is 44.4 Å². The lowest BCUT2D eigenvalue weighted by Crippen LogP contribution is -2.43. The molecule has 0 amide bonds. The molecule has 112 valence electrons. The van der Waals surface area contributed by atoms with Gasteiger partial charge < -0.3 is 15.4 Å². The molecule has 19 heavy (non-hydrogen) atoms. The topological polar surface area (TPSA) is 50.8 Å². The zero-order valence-corrected chi connectivity index (χ0v) is 14.3. The van der Waals surface area contributed by atoms with Crippen LogP contribution in [-0.2, 0) is 4.74 Å². The van der Waals surface area contributed by atoms with Crippen molar-refractivity contribution >= 4 is 29.9 Å². The van der Waals surface area contributed by atoms with E-state index in [1.54, 1.807) is 0 Å². The highest BCUT2D eigenvalue weighted by atomic mass is 127. The van der Waals surface area contributed by atoms with Crippen molar-refractivity contribution in [1.82, 2.24) is 4.90 Å². The summed E-state index contributed by atoms with van der Waals surface area (Å²) in [5.74, 6) is 1.48. The van der Waals surface area contributed by atoms with Gasteiger partial charge >= 0.3 is 0 Å². The highest BCUT2D eigenvalue weighted by Gasteiger charge is 2.18. The Morgan fingerprint density at radius 2 is 2.16 bits per heavy atom. The first kappa shape index (κ1) is 17.0. The lowest BCUT2D eigenvalue weighted by atomic mass is 10.0. The zero-order chi connectivity index (χ0) is 12.8. The van der Waals surface area contributed by atoms with E-state index in [2.05, 4.69) is 16.8 Å². The Bertz CT molecular complexity index is 280. The van der Waals surface area contributed by atoms with E-state index >= 15 is 0 Å². The molecule has 0 aliphatic carbocycles. The molecule has 2 saturated heterocycles. The number of guanidine groups is 1. The molecule has 2 atom stereocenters. The van der Waals surface area contributed by atoms with E-state index in [1.807, 2.05) is 0 Å². The van der Waals surface area contributed by atoms with Gasteiger partial charge in [-0.2, -0.15) is 0 Å². The van der Waals surface area contributed by atoms with Gasteiger partial charge in [0.2, 0.25) is 0 Å². The Kier molecular flexibility index (Phi) is 8.06. The van der Waals surface area contributed by atoms with E-state index < -0.39 is 0 Å². The third kappa shape index (κ3) is 5.85. The zero-order valence-electron chi connectivity index (χ0n) is 12.0. The molecule has 2 aliphatic heterocycles. The van der Waals surface area contributed by atoms with Crippen LogP contribution in [0.1, 0.15) is 45.4 Å². The summed E-state index contributed by atoms with van der Waals surface area (Å²) in [4.78, 5) is 6.75. The molecule has 2 fully saturated rings. The first-order chi connectivity index (χ1) is 8.75. The summed E-state index contributed by atoms with van der Waals surface area (Å²) in [6.45, 7) is 6.15. The summed E-state index contributed by atoms with van der Waals surface area (Å²) >= 11 is 0. The predicted octanol–water partition coefficient (Wildman–Crippen LogP) is 2.61.